The third-order valence-corrected chi connectivity index (χ3v) is 2.33. The fraction of sp³-hybridized carbons (Fsp3) is 0.600. The number of amides is 1. The van der Waals surface area contributed by atoms with Crippen LogP contribution in [-0.2, 0) is 11.3 Å². The number of aromatic nitrogens is 2. The Kier molecular flexibility index (Phi) is 3.14. The van der Waals surface area contributed by atoms with Crippen LogP contribution in [0.5, 0.6) is 0 Å². The normalized spacial score (nSPS) is 15.3. The van der Waals surface area contributed by atoms with Gasteiger partial charge < -0.3 is 16.0 Å². The summed E-state index contributed by atoms with van der Waals surface area (Å²) in [6.07, 6.45) is 3.51. The molecule has 0 aliphatic heterocycles. The summed E-state index contributed by atoms with van der Waals surface area (Å²) in [5, 5.41) is 0. The third kappa shape index (κ3) is 2.56. The van der Waals surface area contributed by atoms with Gasteiger partial charge in [0.05, 0.1) is 6.54 Å². The van der Waals surface area contributed by atoms with Crippen LogP contribution in [0, 0.1) is 0 Å². The molecular formula is C10H18N4O. The van der Waals surface area contributed by atoms with Crippen molar-refractivity contribution in [3.8, 4) is 0 Å². The van der Waals surface area contributed by atoms with Crippen LogP contribution in [0.1, 0.15) is 32.5 Å². The Hall–Kier alpha value is -1.36. The molecule has 0 saturated carbocycles. The largest absolute Gasteiger partial charge is 0.368 e. The van der Waals surface area contributed by atoms with Gasteiger partial charge in [0, 0.05) is 18.3 Å². The van der Waals surface area contributed by atoms with E-state index < -0.39 is 11.4 Å². The maximum Gasteiger partial charge on any atom is 0.239 e. The van der Waals surface area contributed by atoms with E-state index in [1.807, 2.05) is 24.6 Å². The second-order valence-corrected chi connectivity index (χ2v) is 4.35. The Bertz CT molecular complexity index is 354. The molecule has 1 amide bonds. The van der Waals surface area contributed by atoms with Gasteiger partial charge >= 0.3 is 0 Å². The van der Waals surface area contributed by atoms with E-state index in [1.54, 1.807) is 13.1 Å². The number of primary amides is 1. The molecule has 1 aromatic rings. The SMILES string of the molecule is CC(C)c1nccn1CC(C)(N)C(N)=O. The molecule has 0 aromatic carbocycles. The summed E-state index contributed by atoms with van der Waals surface area (Å²) in [7, 11) is 0. The molecule has 0 aliphatic carbocycles. The molecule has 84 valence electrons. The van der Waals surface area contributed by atoms with Gasteiger partial charge in [-0.05, 0) is 6.92 Å². The molecule has 15 heavy (non-hydrogen) atoms. The number of carbonyl (C=O) groups excluding carboxylic acids is 1. The Morgan fingerprint density at radius 1 is 1.67 bits per heavy atom. The molecule has 0 fully saturated rings. The van der Waals surface area contributed by atoms with Gasteiger partial charge in [-0.3, -0.25) is 4.79 Å². The van der Waals surface area contributed by atoms with Gasteiger partial charge in [-0.1, -0.05) is 13.8 Å². The molecule has 4 N–H and O–H groups in total. The molecule has 1 heterocycles. The Labute approximate surface area is 89.5 Å². The van der Waals surface area contributed by atoms with Crippen LogP contribution in [-0.4, -0.2) is 21.0 Å². The van der Waals surface area contributed by atoms with Crippen molar-refractivity contribution < 1.29 is 4.79 Å². The standard InChI is InChI=1S/C10H18N4O/c1-7(2)8-13-4-5-14(8)6-10(3,12)9(11)15/h4-5,7H,6,12H2,1-3H3,(H2,11,15). The Morgan fingerprint density at radius 3 is 2.73 bits per heavy atom. The second-order valence-electron chi connectivity index (χ2n) is 4.35. The molecule has 0 saturated heterocycles. The van der Waals surface area contributed by atoms with Gasteiger partial charge in [0.2, 0.25) is 5.91 Å². The van der Waals surface area contributed by atoms with Crippen molar-refractivity contribution in [1.82, 2.24) is 9.55 Å². The number of imidazole rings is 1. The predicted octanol–water partition coefficient (Wildman–Crippen LogP) is 0.209. The van der Waals surface area contributed by atoms with Gasteiger partial charge in [0.25, 0.3) is 0 Å². The summed E-state index contributed by atoms with van der Waals surface area (Å²) in [6.45, 7) is 6.06. The first-order valence-electron chi connectivity index (χ1n) is 4.94. The summed E-state index contributed by atoms with van der Waals surface area (Å²) < 4.78 is 1.87. The van der Waals surface area contributed by atoms with Crippen molar-refractivity contribution in [3.05, 3.63) is 18.2 Å². The molecule has 1 rings (SSSR count). The van der Waals surface area contributed by atoms with Gasteiger partial charge in [-0.25, -0.2) is 4.98 Å². The second kappa shape index (κ2) is 4.02. The van der Waals surface area contributed by atoms with Crippen molar-refractivity contribution in [2.75, 3.05) is 0 Å². The number of carbonyl (C=O) groups is 1. The molecule has 0 radical (unpaired) electrons. The lowest BCUT2D eigenvalue weighted by molar-refractivity contribution is -0.123. The van der Waals surface area contributed by atoms with Crippen molar-refractivity contribution >= 4 is 5.91 Å². The molecule has 5 heteroatoms. The van der Waals surface area contributed by atoms with E-state index in [4.69, 9.17) is 11.5 Å². The first kappa shape index (κ1) is 11.7. The minimum atomic E-state index is -1.04. The molecular weight excluding hydrogens is 192 g/mol. The third-order valence-electron chi connectivity index (χ3n) is 2.33. The highest BCUT2D eigenvalue weighted by atomic mass is 16.1. The molecule has 1 unspecified atom stereocenters. The van der Waals surface area contributed by atoms with Gasteiger partial charge in [0.15, 0.2) is 0 Å². The summed E-state index contributed by atoms with van der Waals surface area (Å²) in [5.74, 6) is 0.697. The summed E-state index contributed by atoms with van der Waals surface area (Å²) in [5.41, 5.74) is 9.97. The van der Waals surface area contributed by atoms with Crippen LogP contribution in [0.4, 0.5) is 0 Å². The molecule has 0 spiro atoms. The average Bonchev–Trinajstić information content (AvgIpc) is 2.51. The van der Waals surface area contributed by atoms with E-state index in [2.05, 4.69) is 4.98 Å². The lowest BCUT2D eigenvalue weighted by Crippen LogP contribution is -2.52. The van der Waals surface area contributed by atoms with Crippen LogP contribution in [0.3, 0.4) is 0 Å². The van der Waals surface area contributed by atoms with Gasteiger partial charge in [-0.2, -0.15) is 0 Å². The quantitative estimate of drug-likeness (QED) is 0.744. The van der Waals surface area contributed by atoms with Crippen LogP contribution < -0.4 is 11.5 Å². The number of nitrogens with zero attached hydrogens (tertiary/aromatic N) is 2. The minimum absolute atomic E-state index is 0.295. The highest BCUT2D eigenvalue weighted by Gasteiger charge is 2.27. The predicted molar refractivity (Wildman–Crippen MR) is 58.1 cm³/mol. The number of hydrogen-bond donors (Lipinski definition) is 2. The fourth-order valence-electron chi connectivity index (χ4n) is 1.39. The van der Waals surface area contributed by atoms with Crippen LogP contribution in [0.25, 0.3) is 0 Å². The van der Waals surface area contributed by atoms with Crippen molar-refractivity contribution in [2.45, 2.75) is 38.8 Å². The molecule has 0 aliphatic rings. The molecule has 1 atom stereocenters. The summed E-state index contributed by atoms with van der Waals surface area (Å²) in [4.78, 5) is 15.3. The van der Waals surface area contributed by atoms with E-state index in [0.29, 0.717) is 12.5 Å². The topological polar surface area (TPSA) is 86.9 Å². The van der Waals surface area contributed by atoms with E-state index in [9.17, 15) is 4.79 Å². The highest BCUT2D eigenvalue weighted by molar-refractivity contribution is 5.83. The monoisotopic (exact) mass is 210 g/mol. The van der Waals surface area contributed by atoms with Crippen molar-refractivity contribution in [2.24, 2.45) is 11.5 Å². The van der Waals surface area contributed by atoms with E-state index >= 15 is 0 Å². The zero-order valence-electron chi connectivity index (χ0n) is 9.40. The first-order valence-corrected chi connectivity index (χ1v) is 4.94. The lowest BCUT2D eigenvalue weighted by Gasteiger charge is -2.22. The van der Waals surface area contributed by atoms with E-state index in [-0.39, 0.29) is 0 Å². The zero-order valence-corrected chi connectivity index (χ0v) is 9.40. The van der Waals surface area contributed by atoms with Gasteiger partial charge in [0.1, 0.15) is 11.4 Å². The highest BCUT2D eigenvalue weighted by Crippen LogP contribution is 2.14. The number of nitrogens with two attached hydrogens (primary N) is 2. The maximum atomic E-state index is 11.1. The van der Waals surface area contributed by atoms with E-state index in [0.717, 1.165) is 5.82 Å². The Balaban J connectivity index is 2.90. The van der Waals surface area contributed by atoms with Crippen molar-refractivity contribution in [3.63, 3.8) is 0 Å². The first-order chi connectivity index (χ1) is 6.84. The summed E-state index contributed by atoms with van der Waals surface area (Å²) in [6, 6.07) is 0. The Morgan fingerprint density at radius 2 is 2.27 bits per heavy atom. The fourth-order valence-corrected chi connectivity index (χ4v) is 1.39. The average molecular weight is 210 g/mol. The molecule has 5 nitrogen and oxygen atoms in total. The van der Waals surface area contributed by atoms with Crippen LogP contribution >= 0.6 is 0 Å². The minimum Gasteiger partial charge on any atom is -0.368 e. The smallest absolute Gasteiger partial charge is 0.239 e. The van der Waals surface area contributed by atoms with Gasteiger partial charge in [-0.15, -0.1) is 0 Å². The summed E-state index contributed by atoms with van der Waals surface area (Å²) >= 11 is 0. The van der Waals surface area contributed by atoms with Crippen LogP contribution in [0.2, 0.25) is 0 Å². The van der Waals surface area contributed by atoms with E-state index in [1.165, 1.54) is 0 Å². The van der Waals surface area contributed by atoms with Crippen molar-refractivity contribution in [1.29, 1.82) is 0 Å². The molecule has 0 bridgehead atoms. The molecule has 1 aromatic heterocycles. The maximum absolute atomic E-state index is 11.1. The lowest BCUT2D eigenvalue weighted by atomic mass is 10.0. The number of rotatable bonds is 4. The number of hydrogen-bond acceptors (Lipinski definition) is 3. The van der Waals surface area contributed by atoms with Crippen LogP contribution in [0.15, 0.2) is 12.4 Å². The zero-order chi connectivity index (χ0) is 11.6.